The van der Waals surface area contributed by atoms with Gasteiger partial charge in [-0.2, -0.15) is 0 Å². The number of nitrogens with one attached hydrogen (secondary N) is 3. The van der Waals surface area contributed by atoms with E-state index < -0.39 is 24.0 Å². The molecular weight excluding hydrogens is 408 g/mol. The van der Waals surface area contributed by atoms with Crippen LogP contribution in [-0.4, -0.2) is 65.4 Å². The molecule has 0 aliphatic carbocycles. The van der Waals surface area contributed by atoms with E-state index in [0.717, 1.165) is 43.9 Å². The van der Waals surface area contributed by atoms with Crippen molar-refractivity contribution in [1.29, 1.82) is 0 Å². The number of hydrogen-bond acceptors (Lipinski definition) is 6. The first kappa shape index (κ1) is 23.4. The number of aliphatic hydroxyl groups excluding tert-OH is 1. The molecule has 2 atom stereocenters. The Labute approximate surface area is 187 Å². The normalized spacial score (nSPS) is 15.7. The maximum atomic E-state index is 12.3. The molecule has 5 N–H and O–H groups in total. The summed E-state index contributed by atoms with van der Waals surface area (Å²) in [6, 6.07) is 13.6. The van der Waals surface area contributed by atoms with Crippen molar-refractivity contribution in [3.05, 3.63) is 70.8 Å². The van der Waals surface area contributed by atoms with E-state index in [0.29, 0.717) is 5.56 Å². The molecule has 0 radical (unpaired) electrons. The number of amides is 2. The Morgan fingerprint density at radius 2 is 1.59 bits per heavy atom. The van der Waals surface area contributed by atoms with Gasteiger partial charge in [-0.05, 0) is 48.9 Å². The first-order valence-corrected chi connectivity index (χ1v) is 10.5. The zero-order valence-corrected chi connectivity index (χ0v) is 18.0. The first-order chi connectivity index (χ1) is 15.5. The van der Waals surface area contributed by atoms with Crippen molar-refractivity contribution in [3.63, 3.8) is 0 Å². The van der Waals surface area contributed by atoms with Gasteiger partial charge in [0.15, 0.2) is 0 Å². The number of benzene rings is 2. The standard InChI is InChI=1S/C24H28N4O4/c1-17(29)22(24(31)27-32)26-23(30)21-10-8-19(9-11-21)3-2-18-4-6-20(7-5-18)16-28-14-12-25-13-15-28/h4-11,17,22,25,29,32H,12-16H2,1H3,(H,26,30)(H,27,31)/t17-,22-/m0/s1. The van der Waals surface area contributed by atoms with E-state index in [1.807, 2.05) is 12.1 Å². The van der Waals surface area contributed by atoms with E-state index >= 15 is 0 Å². The van der Waals surface area contributed by atoms with Crippen LogP contribution < -0.4 is 16.1 Å². The SMILES string of the molecule is C[C@H](O)[C@H](NC(=O)c1ccc(C#Cc2ccc(CN3CCNCC3)cc2)cc1)C(=O)NO. The van der Waals surface area contributed by atoms with Gasteiger partial charge in [0.1, 0.15) is 6.04 Å². The predicted octanol–water partition coefficient (Wildman–Crippen LogP) is 0.476. The lowest BCUT2D eigenvalue weighted by atomic mass is 10.1. The zero-order chi connectivity index (χ0) is 22.9. The number of nitrogens with zero attached hydrogens (tertiary/aromatic N) is 1. The number of rotatable bonds is 6. The molecule has 32 heavy (non-hydrogen) atoms. The average Bonchev–Trinajstić information content (AvgIpc) is 2.82. The first-order valence-electron chi connectivity index (χ1n) is 10.5. The predicted molar refractivity (Wildman–Crippen MR) is 120 cm³/mol. The van der Waals surface area contributed by atoms with Crippen LogP contribution in [0.4, 0.5) is 0 Å². The summed E-state index contributed by atoms with van der Waals surface area (Å²) >= 11 is 0. The number of hydroxylamine groups is 1. The van der Waals surface area contributed by atoms with Gasteiger partial charge in [-0.15, -0.1) is 0 Å². The Morgan fingerprint density at radius 1 is 1.03 bits per heavy atom. The van der Waals surface area contributed by atoms with Crippen LogP contribution in [0.2, 0.25) is 0 Å². The Hall–Kier alpha value is -3.22. The van der Waals surface area contributed by atoms with Gasteiger partial charge in [-0.3, -0.25) is 19.7 Å². The smallest absolute Gasteiger partial charge is 0.268 e. The highest BCUT2D eigenvalue weighted by molar-refractivity contribution is 5.97. The lowest BCUT2D eigenvalue weighted by molar-refractivity contribution is -0.133. The van der Waals surface area contributed by atoms with Crippen LogP contribution in [0, 0.1) is 11.8 Å². The minimum absolute atomic E-state index is 0.309. The van der Waals surface area contributed by atoms with Gasteiger partial charge >= 0.3 is 0 Å². The fraction of sp³-hybridized carbons (Fsp3) is 0.333. The highest BCUT2D eigenvalue weighted by atomic mass is 16.5. The number of aliphatic hydroxyl groups is 1. The van der Waals surface area contributed by atoms with Crippen molar-refractivity contribution >= 4 is 11.8 Å². The van der Waals surface area contributed by atoms with E-state index in [2.05, 4.69) is 39.5 Å². The molecule has 1 saturated heterocycles. The van der Waals surface area contributed by atoms with Gasteiger partial charge < -0.3 is 15.7 Å². The van der Waals surface area contributed by atoms with Gasteiger partial charge in [0, 0.05) is 49.4 Å². The third kappa shape index (κ3) is 6.64. The molecule has 1 aliphatic heterocycles. The monoisotopic (exact) mass is 436 g/mol. The minimum atomic E-state index is -1.26. The fourth-order valence-electron chi connectivity index (χ4n) is 3.37. The largest absolute Gasteiger partial charge is 0.391 e. The van der Waals surface area contributed by atoms with Crippen molar-refractivity contribution in [1.82, 2.24) is 21.0 Å². The van der Waals surface area contributed by atoms with Crippen LogP contribution in [0.5, 0.6) is 0 Å². The maximum absolute atomic E-state index is 12.3. The molecule has 1 heterocycles. The number of carbonyl (C=O) groups excluding carboxylic acids is 2. The second-order valence-electron chi connectivity index (χ2n) is 7.72. The van der Waals surface area contributed by atoms with Crippen molar-refractivity contribution in [3.8, 4) is 11.8 Å². The van der Waals surface area contributed by atoms with Crippen LogP contribution >= 0.6 is 0 Å². The maximum Gasteiger partial charge on any atom is 0.268 e. The summed E-state index contributed by atoms with van der Waals surface area (Å²) in [5.41, 5.74) is 4.65. The molecule has 1 aliphatic rings. The second-order valence-corrected chi connectivity index (χ2v) is 7.72. The zero-order valence-electron chi connectivity index (χ0n) is 18.0. The molecule has 0 saturated carbocycles. The average molecular weight is 437 g/mol. The van der Waals surface area contributed by atoms with Crippen LogP contribution in [0.25, 0.3) is 0 Å². The highest BCUT2D eigenvalue weighted by Gasteiger charge is 2.25. The van der Waals surface area contributed by atoms with Crippen LogP contribution in [0.15, 0.2) is 48.5 Å². The van der Waals surface area contributed by atoms with Crippen molar-refractivity contribution in [2.75, 3.05) is 26.2 Å². The molecule has 1 fully saturated rings. The third-order valence-corrected chi connectivity index (χ3v) is 5.23. The molecule has 0 bridgehead atoms. The van der Waals surface area contributed by atoms with Gasteiger partial charge in [-0.25, -0.2) is 5.48 Å². The minimum Gasteiger partial charge on any atom is -0.391 e. The summed E-state index contributed by atoms with van der Waals surface area (Å²) in [5.74, 6) is 4.76. The summed E-state index contributed by atoms with van der Waals surface area (Å²) in [6.45, 7) is 6.46. The highest BCUT2D eigenvalue weighted by Crippen LogP contribution is 2.09. The second kappa shape index (κ2) is 11.4. The van der Waals surface area contributed by atoms with Gasteiger partial charge in [0.2, 0.25) is 0 Å². The van der Waals surface area contributed by atoms with E-state index in [1.165, 1.54) is 18.0 Å². The van der Waals surface area contributed by atoms with Crippen molar-refractivity contribution < 1.29 is 19.9 Å². The molecule has 2 aromatic carbocycles. The lowest BCUT2D eigenvalue weighted by Crippen LogP contribution is -2.51. The van der Waals surface area contributed by atoms with Crippen LogP contribution in [-0.2, 0) is 11.3 Å². The van der Waals surface area contributed by atoms with E-state index in [9.17, 15) is 14.7 Å². The Morgan fingerprint density at radius 3 is 2.12 bits per heavy atom. The quantitative estimate of drug-likeness (QED) is 0.256. The summed E-state index contributed by atoms with van der Waals surface area (Å²) in [5, 5.41) is 24.1. The number of piperazine rings is 1. The summed E-state index contributed by atoms with van der Waals surface area (Å²) in [6.07, 6.45) is -1.17. The molecule has 168 valence electrons. The Bertz CT molecular complexity index is 972. The molecule has 8 nitrogen and oxygen atoms in total. The lowest BCUT2D eigenvalue weighted by Gasteiger charge is -2.27. The van der Waals surface area contributed by atoms with Gasteiger partial charge in [-0.1, -0.05) is 24.0 Å². The van der Waals surface area contributed by atoms with Gasteiger partial charge in [0.25, 0.3) is 11.8 Å². The molecule has 3 rings (SSSR count). The summed E-state index contributed by atoms with van der Waals surface area (Å²) in [4.78, 5) is 26.3. The third-order valence-electron chi connectivity index (χ3n) is 5.23. The molecular formula is C24H28N4O4. The summed E-state index contributed by atoms with van der Waals surface area (Å²) < 4.78 is 0. The molecule has 8 heteroatoms. The number of hydrogen-bond donors (Lipinski definition) is 5. The molecule has 0 aromatic heterocycles. The van der Waals surface area contributed by atoms with E-state index in [-0.39, 0.29) is 0 Å². The topological polar surface area (TPSA) is 114 Å². The van der Waals surface area contributed by atoms with E-state index in [1.54, 1.807) is 24.3 Å². The number of carbonyl (C=O) groups is 2. The molecule has 0 unspecified atom stereocenters. The fourth-order valence-corrected chi connectivity index (χ4v) is 3.37. The van der Waals surface area contributed by atoms with Crippen molar-refractivity contribution in [2.24, 2.45) is 0 Å². The molecule has 2 aromatic rings. The summed E-state index contributed by atoms with van der Waals surface area (Å²) in [7, 11) is 0. The van der Waals surface area contributed by atoms with Gasteiger partial charge in [0.05, 0.1) is 6.10 Å². The van der Waals surface area contributed by atoms with Crippen molar-refractivity contribution in [2.45, 2.75) is 25.6 Å². The molecule has 0 spiro atoms. The Balaban J connectivity index is 1.58. The van der Waals surface area contributed by atoms with Crippen LogP contribution in [0.3, 0.4) is 0 Å². The molecule has 2 amide bonds. The Kier molecular flexibility index (Phi) is 8.36. The van der Waals surface area contributed by atoms with Crippen LogP contribution in [0.1, 0.15) is 34.0 Å². The van der Waals surface area contributed by atoms with E-state index in [4.69, 9.17) is 5.21 Å².